The van der Waals surface area contributed by atoms with Crippen molar-refractivity contribution in [3.63, 3.8) is 0 Å². The fourth-order valence-corrected chi connectivity index (χ4v) is 3.75. The van der Waals surface area contributed by atoms with Crippen molar-refractivity contribution in [2.24, 2.45) is 4.99 Å². The third-order valence-corrected chi connectivity index (χ3v) is 5.38. The molecule has 1 aliphatic heterocycles. The van der Waals surface area contributed by atoms with E-state index >= 15 is 0 Å². The van der Waals surface area contributed by atoms with Gasteiger partial charge in [0.25, 0.3) is 0 Å². The molecule has 0 aliphatic carbocycles. The van der Waals surface area contributed by atoms with E-state index in [-0.39, 0.29) is 24.0 Å². The zero-order valence-electron chi connectivity index (χ0n) is 17.0. The molecule has 5 nitrogen and oxygen atoms in total. The maximum Gasteiger partial charge on any atom is 0.193 e. The first-order valence-corrected chi connectivity index (χ1v) is 10.9. The number of nitrogens with zero attached hydrogens (tertiary/aromatic N) is 2. The molecule has 1 aromatic carbocycles. The third kappa shape index (κ3) is 7.60. The molecule has 1 aliphatic rings. The molecule has 0 bridgehead atoms. The molecule has 0 radical (unpaired) electrons. The molecule has 1 aromatic rings. The quantitative estimate of drug-likeness (QED) is 0.235. The molecular formula is C20H34IN3O2S. The summed E-state index contributed by atoms with van der Waals surface area (Å²) in [7, 11) is 3.40. The summed E-state index contributed by atoms with van der Waals surface area (Å²) in [5.74, 6) is 4.45. The Morgan fingerprint density at radius 3 is 2.52 bits per heavy atom. The molecule has 27 heavy (non-hydrogen) atoms. The number of hydrogen-bond donors (Lipinski definition) is 1. The second kappa shape index (κ2) is 13.4. The van der Waals surface area contributed by atoms with E-state index in [2.05, 4.69) is 35.5 Å². The highest BCUT2D eigenvalue weighted by molar-refractivity contribution is 14.0. The van der Waals surface area contributed by atoms with E-state index in [9.17, 15) is 0 Å². The van der Waals surface area contributed by atoms with Gasteiger partial charge in [0.2, 0.25) is 0 Å². The summed E-state index contributed by atoms with van der Waals surface area (Å²) in [6, 6.07) is 6.18. The van der Waals surface area contributed by atoms with Gasteiger partial charge in [0.15, 0.2) is 5.96 Å². The molecule has 1 N–H and O–H groups in total. The number of likely N-dealkylation sites (tertiary alicyclic amines) is 1. The average Bonchev–Trinajstić information content (AvgIpc) is 3.16. The lowest BCUT2D eigenvalue weighted by atomic mass is 9.98. The van der Waals surface area contributed by atoms with Gasteiger partial charge < -0.3 is 19.7 Å². The smallest absolute Gasteiger partial charge is 0.193 e. The highest BCUT2D eigenvalue weighted by Crippen LogP contribution is 2.32. The van der Waals surface area contributed by atoms with E-state index in [1.165, 1.54) is 17.7 Å². The van der Waals surface area contributed by atoms with Crippen LogP contribution in [0.15, 0.2) is 23.2 Å². The van der Waals surface area contributed by atoms with E-state index in [1.54, 1.807) is 14.2 Å². The Hall–Kier alpha value is -0.830. The predicted molar refractivity (Wildman–Crippen MR) is 127 cm³/mol. The van der Waals surface area contributed by atoms with E-state index in [1.807, 2.05) is 17.8 Å². The van der Waals surface area contributed by atoms with E-state index < -0.39 is 0 Å². The van der Waals surface area contributed by atoms with Crippen molar-refractivity contribution in [3.8, 4) is 11.5 Å². The van der Waals surface area contributed by atoms with Gasteiger partial charge in [0.1, 0.15) is 11.5 Å². The number of benzene rings is 1. The maximum atomic E-state index is 5.42. The number of thioether (sulfide) groups is 1. The van der Waals surface area contributed by atoms with Crippen LogP contribution in [0.1, 0.15) is 37.7 Å². The van der Waals surface area contributed by atoms with Gasteiger partial charge in [-0.05, 0) is 55.9 Å². The highest BCUT2D eigenvalue weighted by Gasteiger charge is 2.26. The van der Waals surface area contributed by atoms with Crippen molar-refractivity contribution in [3.05, 3.63) is 23.8 Å². The van der Waals surface area contributed by atoms with Crippen molar-refractivity contribution in [1.29, 1.82) is 0 Å². The summed E-state index contributed by atoms with van der Waals surface area (Å²) < 4.78 is 10.8. The molecule has 0 amide bonds. The number of halogens is 1. The van der Waals surface area contributed by atoms with Crippen LogP contribution < -0.4 is 14.8 Å². The molecule has 1 heterocycles. The molecule has 154 valence electrons. The minimum Gasteiger partial charge on any atom is -0.497 e. The fraction of sp³-hybridized carbons (Fsp3) is 0.650. The monoisotopic (exact) mass is 507 g/mol. The molecule has 7 heteroatoms. The van der Waals surface area contributed by atoms with Crippen LogP contribution in [-0.4, -0.2) is 63.3 Å². The Morgan fingerprint density at radius 1 is 1.22 bits per heavy atom. The van der Waals surface area contributed by atoms with Crippen molar-refractivity contribution >= 4 is 41.7 Å². The summed E-state index contributed by atoms with van der Waals surface area (Å²) in [6.07, 6.45) is 5.66. The second-order valence-corrected chi connectivity index (χ2v) is 7.50. The number of rotatable bonds is 9. The number of methoxy groups -OCH3 is 2. The van der Waals surface area contributed by atoms with Gasteiger partial charge in [0, 0.05) is 38.2 Å². The Kier molecular flexibility index (Phi) is 12.0. The highest BCUT2D eigenvalue weighted by atomic mass is 127. The Labute approximate surface area is 185 Å². The summed E-state index contributed by atoms with van der Waals surface area (Å²) in [6.45, 7) is 5.94. The van der Waals surface area contributed by atoms with Crippen molar-refractivity contribution in [2.75, 3.05) is 52.4 Å². The average molecular weight is 507 g/mol. The maximum absolute atomic E-state index is 5.42. The number of unbranched alkanes of at least 4 members (excludes halogenated alkanes) is 1. The first kappa shape index (κ1) is 24.2. The zero-order valence-corrected chi connectivity index (χ0v) is 20.1. The Morgan fingerprint density at radius 2 is 1.93 bits per heavy atom. The first-order valence-electron chi connectivity index (χ1n) is 9.47. The van der Waals surface area contributed by atoms with E-state index in [0.29, 0.717) is 5.92 Å². The van der Waals surface area contributed by atoms with Crippen LogP contribution in [0.25, 0.3) is 0 Å². The molecule has 0 spiro atoms. The van der Waals surface area contributed by atoms with Gasteiger partial charge >= 0.3 is 0 Å². The molecule has 0 saturated carbocycles. The van der Waals surface area contributed by atoms with Crippen LogP contribution >= 0.6 is 35.7 Å². The SMILES string of the molecule is CCNC(=NCCCCSC)N1CCC(c2cc(OC)cc(OC)c2)C1.I. The number of aliphatic imine (C=N–C) groups is 1. The summed E-state index contributed by atoms with van der Waals surface area (Å²) in [5.41, 5.74) is 1.28. The van der Waals surface area contributed by atoms with Crippen molar-refractivity contribution < 1.29 is 9.47 Å². The second-order valence-electron chi connectivity index (χ2n) is 6.51. The standard InChI is InChI=1S/C20H33N3O2S.HI/c1-5-21-20(22-9-6-7-11-26-4)23-10-8-16(15-23)17-12-18(24-2)14-19(13-17)25-3;/h12-14,16H,5-11,15H2,1-4H3,(H,21,22);1H. The molecule has 1 fully saturated rings. The summed E-state index contributed by atoms with van der Waals surface area (Å²) in [4.78, 5) is 7.22. The van der Waals surface area contributed by atoms with E-state index in [0.717, 1.165) is 56.5 Å². The first-order chi connectivity index (χ1) is 12.7. The lowest BCUT2D eigenvalue weighted by Crippen LogP contribution is -2.40. The van der Waals surface area contributed by atoms with Crippen LogP contribution in [0.2, 0.25) is 0 Å². The van der Waals surface area contributed by atoms with Crippen molar-refractivity contribution in [1.82, 2.24) is 10.2 Å². The lowest BCUT2D eigenvalue weighted by Gasteiger charge is -2.22. The Balaban J connectivity index is 0.00000364. The fourth-order valence-electron chi connectivity index (χ4n) is 3.26. The van der Waals surface area contributed by atoms with Gasteiger partial charge in [-0.25, -0.2) is 0 Å². The summed E-state index contributed by atoms with van der Waals surface area (Å²) in [5, 5.41) is 3.45. The van der Waals surface area contributed by atoms with Gasteiger partial charge in [-0.3, -0.25) is 4.99 Å². The Bertz CT molecular complexity index is 564. The number of guanidine groups is 1. The van der Waals surface area contributed by atoms with E-state index in [4.69, 9.17) is 14.5 Å². The summed E-state index contributed by atoms with van der Waals surface area (Å²) >= 11 is 1.90. The predicted octanol–water partition coefficient (Wildman–Crippen LogP) is 4.22. The number of hydrogen-bond acceptors (Lipinski definition) is 4. The van der Waals surface area contributed by atoms with Gasteiger partial charge in [-0.1, -0.05) is 0 Å². The molecule has 2 rings (SSSR count). The van der Waals surface area contributed by atoms with Crippen LogP contribution in [0, 0.1) is 0 Å². The van der Waals surface area contributed by atoms with Gasteiger partial charge in [-0.2, -0.15) is 11.8 Å². The third-order valence-electron chi connectivity index (χ3n) is 4.69. The molecule has 1 unspecified atom stereocenters. The van der Waals surface area contributed by atoms with Gasteiger partial charge in [-0.15, -0.1) is 24.0 Å². The zero-order chi connectivity index (χ0) is 18.8. The molecule has 0 aromatic heterocycles. The minimum atomic E-state index is 0. The van der Waals surface area contributed by atoms with Crippen LogP contribution in [0.3, 0.4) is 0 Å². The van der Waals surface area contributed by atoms with Crippen LogP contribution in [0.5, 0.6) is 11.5 Å². The minimum absolute atomic E-state index is 0. The van der Waals surface area contributed by atoms with Gasteiger partial charge in [0.05, 0.1) is 14.2 Å². The molecule has 1 saturated heterocycles. The molecular weight excluding hydrogens is 473 g/mol. The topological polar surface area (TPSA) is 46.1 Å². The van der Waals surface area contributed by atoms with Crippen LogP contribution in [0.4, 0.5) is 0 Å². The number of ether oxygens (including phenoxy) is 2. The normalized spacial score (nSPS) is 16.8. The molecule has 1 atom stereocenters. The van der Waals surface area contributed by atoms with Crippen LogP contribution in [-0.2, 0) is 0 Å². The van der Waals surface area contributed by atoms with Crippen molar-refractivity contribution in [2.45, 2.75) is 32.1 Å². The largest absolute Gasteiger partial charge is 0.497 e. The number of nitrogens with one attached hydrogen (secondary N) is 1. The lowest BCUT2D eigenvalue weighted by molar-refractivity contribution is 0.392.